The van der Waals surface area contributed by atoms with Crippen molar-refractivity contribution in [2.45, 2.75) is 32.4 Å². The first-order chi connectivity index (χ1) is 9.49. The highest BCUT2D eigenvalue weighted by Gasteiger charge is 2.23. The first-order valence-corrected chi connectivity index (χ1v) is 7.63. The van der Waals surface area contributed by atoms with Crippen LogP contribution in [0.5, 0.6) is 0 Å². The van der Waals surface area contributed by atoms with Crippen molar-refractivity contribution < 1.29 is 14.7 Å². The van der Waals surface area contributed by atoms with Gasteiger partial charge in [0, 0.05) is 30.9 Å². The molecule has 0 fully saturated rings. The SMILES string of the molecule is CC(C(=O)O)N(C)CCC(=O)N1CCc2sccc2C1. The molecule has 1 unspecified atom stereocenters. The molecule has 1 N–H and O–H groups in total. The first-order valence-electron chi connectivity index (χ1n) is 6.75. The number of carboxylic acids is 1. The van der Waals surface area contributed by atoms with Crippen molar-refractivity contribution in [3.05, 3.63) is 21.9 Å². The van der Waals surface area contributed by atoms with Gasteiger partial charge in [-0.1, -0.05) is 0 Å². The number of amides is 1. The zero-order valence-electron chi connectivity index (χ0n) is 11.8. The fourth-order valence-electron chi connectivity index (χ4n) is 2.27. The average molecular weight is 296 g/mol. The zero-order chi connectivity index (χ0) is 14.7. The maximum absolute atomic E-state index is 12.2. The number of nitrogens with zero attached hydrogens (tertiary/aromatic N) is 2. The summed E-state index contributed by atoms with van der Waals surface area (Å²) in [6, 6.07) is 1.52. The van der Waals surface area contributed by atoms with Gasteiger partial charge in [-0.05, 0) is 37.4 Å². The van der Waals surface area contributed by atoms with Crippen LogP contribution in [0.25, 0.3) is 0 Å². The van der Waals surface area contributed by atoms with E-state index in [-0.39, 0.29) is 5.91 Å². The Hall–Kier alpha value is -1.40. The van der Waals surface area contributed by atoms with Crippen LogP contribution >= 0.6 is 11.3 Å². The Morgan fingerprint density at radius 2 is 2.30 bits per heavy atom. The van der Waals surface area contributed by atoms with Crippen LogP contribution in [-0.2, 0) is 22.6 Å². The minimum absolute atomic E-state index is 0.103. The summed E-state index contributed by atoms with van der Waals surface area (Å²) in [7, 11) is 1.74. The van der Waals surface area contributed by atoms with Crippen LogP contribution in [0.3, 0.4) is 0 Å². The molecule has 6 heteroatoms. The van der Waals surface area contributed by atoms with Crippen LogP contribution in [-0.4, -0.2) is 53.0 Å². The standard InChI is InChI=1S/C14H20N2O3S/c1-10(14(18)19)15(2)6-4-13(17)16-7-3-12-11(9-16)5-8-20-12/h5,8,10H,3-4,6-7,9H2,1-2H3,(H,18,19). The maximum atomic E-state index is 12.2. The lowest BCUT2D eigenvalue weighted by Gasteiger charge is -2.28. The molecule has 1 amide bonds. The maximum Gasteiger partial charge on any atom is 0.320 e. The van der Waals surface area contributed by atoms with E-state index in [0.717, 1.165) is 13.0 Å². The van der Waals surface area contributed by atoms with Crippen LogP contribution in [0.15, 0.2) is 11.4 Å². The smallest absolute Gasteiger partial charge is 0.320 e. The Labute approximate surface area is 122 Å². The number of carbonyl (C=O) groups is 2. The van der Waals surface area contributed by atoms with Gasteiger partial charge in [-0.25, -0.2) is 0 Å². The first kappa shape index (κ1) is 15.0. The average Bonchev–Trinajstić information content (AvgIpc) is 2.90. The van der Waals surface area contributed by atoms with Crippen LogP contribution < -0.4 is 0 Å². The van der Waals surface area contributed by atoms with Crippen molar-refractivity contribution >= 4 is 23.2 Å². The monoisotopic (exact) mass is 296 g/mol. The van der Waals surface area contributed by atoms with Gasteiger partial charge in [0.25, 0.3) is 0 Å². The molecule has 2 rings (SSSR count). The minimum Gasteiger partial charge on any atom is -0.480 e. The van der Waals surface area contributed by atoms with Gasteiger partial charge in [-0.2, -0.15) is 0 Å². The molecule has 0 aromatic carbocycles. The third-order valence-corrected chi connectivity index (χ3v) is 4.88. The van der Waals surface area contributed by atoms with Gasteiger partial charge in [0.1, 0.15) is 6.04 Å². The van der Waals surface area contributed by atoms with Crippen LogP contribution in [0.2, 0.25) is 0 Å². The summed E-state index contributed by atoms with van der Waals surface area (Å²) in [5.41, 5.74) is 1.25. The number of likely N-dealkylation sites (N-methyl/N-ethyl adjacent to an activating group) is 1. The second-order valence-corrected chi connectivity index (χ2v) is 6.18. The number of fused-ring (bicyclic) bond motifs is 1. The molecule has 0 spiro atoms. The van der Waals surface area contributed by atoms with E-state index in [2.05, 4.69) is 11.4 Å². The van der Waals surface area contributed by atoms with Gasteiger partial charge in [-0.15, -0.1) is 11.3 Å². The summed E-state index contributed by atoms with van der Waals surface area (Å²) >= 11 is 1.75. The second-order valence-electron chi connectivity index (χ2n) is 5.18. The molecule has 1 aliphatic heterocycles. The normalized spacial score (nSPS) is 16.1. The molecular weight excluding hydrogens is 276 g/mol. The van der Waals surface area contributed by atoms with Gasteiger partial charge < -0.3 is 10.0 Å². The van der Waals surface area contributed by atoms with Gasteiger partial charge in [0.05, 0.1) is 0 Å². The molecule has 0 radical (unpaired) electrons. The number of carbonyl (C=O) groups excluding carboxylic acids is 1. The summed E-state index contributed by atoms with van der Waals surface area (Å²) in [4.78, 5) is 28.0. The topological polar surface area (TPSA) is 60.9 Å². The number of hydrogen-bond donors (Lipinski definition) is 1. The van der Waals surface area contributed by atoms with Crippen LogP contribution in [0.1, 0.15) is 23.8 Å². The summed E-state index contributed by atoms with van der Waals surface area (Å²) in [6.07, 6.45) is 1.30. The minimum atomic E-state index is -0.860. The fourth-order valence-corrected chi connectivity index (χ4v) is 3.16. The summed E-state index contributed by atoms with van der Waals surface area (Å²) in [5, 5.41) is 11.0. The van der Waals surface area contributed by atoms with E-state index >= 15 is 0 Å². The number of aliphatic carboxylic acids is 1. The highest BCUT2D eigenvalue weighted by Crippen LogP contribution is 2.24. The van der Waals surface area contributed by atoms with E-state index < -0.39 is 12.0 Å². The van der Waals surface area contributed by atoms with E-state index in [1.54, 1.807) is 30.2 Å². The highest BCUT2D eigenvalue weighted by molar-refractivity contribution is 7.10. The third kappa shape index (κ3) is 3.37. The lowest BCUT2D eigenvalue weighted by atomic mass is 10.1. The van der Waals surface area contributed by atoms with Crippen LogP contribution in [0, 0.1) is 0 Å². The highest BCUT2D eigenvalue weighted by atomic mass is 32.1. The molecule has 110 valence electrons. The molecule has 0 saturated heterocycles. The number of hydrogen-bond acceptors (Lipinski definition) is 4. The molecule has 0 saturated carbocycles. The Kier molecular flexibility index (Phi) is 4.77. The molecule has 0 aliphatic carbocycles. The van der Waals surface area contributed by atoms with E-state index in [9.17, 15) is 9.59 Å². The lowest BCUT2D eigenvalue weighted by molar-refractivity contribution is -0.143. The van der Waals surface area contributed by atoms with Crippen molar-refractivity contribution in [1.29, 1.82) is 0 Å². The van der Waals surface area contributed by atoms with Gasteiger partial charge in [0.15, 0.2) is 0 Å². The molecular formula is C14H20N2O3S. The van der Waals surface area contributed by atoms with E-state index in [0.29, 0.717) is 19.5 Å². The van der Waals surface area contributed by atoms with Crippen molar-refractivity contribution in [2.24, 2.45) is 0 Å². The number of carboxylic acid groups (broad SMARTS) is 1. The zero-order valence-corrected chi connectivity index (χ0v) is 12.7. The van der Waals surface area contributed by atoms with Gasteiger partial charge >= 0.3 is 5.97 Å². The molecule has 1 atom stereocenters. The molecule has 1 aromatic heterocycles. The largest absolute Gasteiger partial charge is 0.480 e. The van der Waals surface area contributed by atoms with Gasteiger partial charge in [-0.3, -0.25) is 14.5 Å². The Morgan fingerprint density at radius 3 is 3.00 bits per heavy atom. The summed E-state index contributed by atoms with van der Waals surface area (Å²) in [5.74, 6) is -0.757. The predicted octanol–water partition coefficient (Wildman–Crippen LogP) is 1.43. The molecule has 20 heavy (non-hydrogen) atoms. The van der Waals surface area contributed by atoms with E-state index in [4.69, 9.17) is 5.11 Å². The molecule has 5 nitrogen and oxygen atoms in total. The number of thiophene rings is 1. The summed E-state index contributed by atoms with van der Waals surface area (Å²) in [6.45, 7) is 3.56. The van der Waals surface area contributed by atoms with Gasteiger partial charge in [0.2, 0.25) is 5.91 Å². The van der Waals surface area contributed by atoms with E-state index in [1.165, 1.54) is 10.4 Å². The Balaban J connectivity index is 1.83. The van der Waals surface area contributed by atoms with Crippen molar-refractivity contribution in [2.75, 3.05) is 20.1 Å². The molecule has 1 aliphatic rings. The Morgan fingerprint density at radius 1 is 1.55 bits per heavy atom. The predicted molar refractivity (Wildman–Crippen MR) is 77.8 cm³/mol. The van der Waals surface area contributed by atoms with Crippen LogP contribution in [0.4, 0.5) is 0 Å². The molecule has 0 bridgehead atoms. The Bertz CT molecular complexity index is 500. The van der Waals surface area contributed by atoms with Crippen molar-refractivity contribution in [1.82, 2.24) is 9.80 Å². The van der Waals surface area contributed by atoms with Crippen molar-refractivity contribution in [3.63, 3.8) is 0 Å². The fraction of sp³-hybridized carbons (Fsp3) is 0.571. The third-order valence-electron chi connectivity index (χ3n) is 3.86. The summed E-state index contributed by atoms with van der Waals surface area (Å²) < 4.78 is 0. The number of rotatable bonds is 5. The lowest BCUT2D eigenvalue weighted by Crippen LogP contribution is -2.40. The van der Waals surface area contributed by atoms with E-state index in [1.807, 2.05) is 4.90 Å². The molecule has 1 aromatic rings. The second kappa shape index (κ2) is 6.37. The van der Waals surface area contributed by atoms with Crippen molar-refractivity contribution in [3.8, 4) is 0 Å². The molecule has 2 heterocycles. The quantitative estimate of drug-likeness (QED) is 0.893.